The number of hydrogen-bond acceptors (Lipinski definition) is 4. The average molecular weight is 382 g/mol. The molecule has 0 radical (unpaired) electrons. The maximum Gasteiger partial charge on any atom is 0.338 e. The number of aromatic nitrogens is 1. The number of thiophene rings is 1. The third kappa shape index (κ3) is 4.28. The fraction of sp³-hybridized carbons (Fsp3) is 0.238. The molecule has 140 valence electrons. The van der Waals surface area contributed by atoms with Gasteiger partial charge in [-0.2, -0.15) is 0 Å². The third-order valence-electron chi connectivity index (χ3n) is 4.34. The van der Waals surface area contributed by atoms with E-state index in [4.69, 9.17) is 4.74 Å². The van der Waals surface area contributed by atoms with Crippen molar-refractivity contribution in [3.63, 3.8) is 0 Å². The molecule has 2 aromatic heterocycles. The summed E-state index contributed by atoms with van der Waals surface area (Å²) in [7, 11) is 0. The summed E-state index contributed by atoms with van der Waals surface area (Å²) in [5, 5.41) is 4.93. The summed E-state index contributed by atoms with van der Waals surface area (Å²) in [4.78, 5) is 25.9. The fourth-order valence-corrected chi connectivity index (χ4v) is 3.66. The number of benzene rings is 1. The zero-order valence-corrected chi connectivity index (χ0v) is 16.4. The van der Waals surface area contributed by atoms with Crippen LogP contribution in [0.4, 0.5) is 5.69 Å². The first-order chi connectivity index (χ1) is 13.0. The summed E-state index contributed by atoms with van der Waals surface area (Å²) in [6, 6.07) is 12.8. The SMILES string of the molecule is CCOC(=O)c1cccc(NC(=O)c2cc(C)n(Cc3cccs3)c2C)c1. The molecule has 5 nitrogen and oxygen atoms in total. The fourth-order valence-electron chi connectivity index (χ4n) is 2.97. The number of amides is 1. The number of esters is 1. The highest BCUT2D eigenvalue weighted by Gasteiger charge is 2.17. The van der Waals surface area contributed by atoms with E-state index in [1.807, 2.05) is 31.4 Å². The number of aryl methyl sites for hydroxylation is 1. The summed E-state index contributed by atoms with van der Waals surface area (Å²) < 4.78 is 7.14. The van der Waals surface area contributed by atoms with Crippen LogP contribution in [0.1, 0.15) is 43.9 Å². The van der Waals surface area contributed by atoms with E-state index in [2.05, 4.69) is 16.0 Å². The molecule has 0 saturated carbocycles. The van der Waals surface area contributed by atoms with E-state index in [9.17, 15) is 9.59 Å². The van der Waals surface area contributed by atoms with Gasteiger partial charge in [0.25, 0.3) is 5.91 Å². The van der Waals surface area contributed by atoms with Crippen LogP contribution in [0.15, 0.2) is 47.8 Å². The Kier molecular flexibility index (Phi) is 5.76. The first kappa shape index (κ1) is 18.9. The molecular weight excluding hydrogens is 360 g/mol. The van der Waals surface area contributed by atoms with Gasteiger partial charge in [-0.25, -0.2) is 4.79 Å². The van der Waals surface area contributed by atoms with Gasteiger partial charge in [-0.1, -0.05) is 12.1 Å². The molecule has 27 heavy (non-hydrogen) atoms. The Bertz CT molecular complexity index is 958. The number of nitrogens with zero attached hydrogens (tertiary/aromatic N) is 1. The summed E-state index contributed by atoms with van der Waals surface area (Å²) in [5.41, 5.74) is 3.56. The van der Waals surface area contributed by atoms with Crippen LogP contribution in [0.3, 0.4) is 0 Å². The molecule has 1 aromatic carbocycles. The molecule has 3 aromatic rings. The monoisotopic (exact) mass is 382 g/mol. The summed E-state index contributed by atoms with van der Waals surface area (Å²) in [6.45, 7) is 6.77. The number of carbonyl (C=O) groups is 2. The predicted molar refractivity (Wildman–Crippen MR) is 108 cm³/mol. The van der Waals surface area contributed by atoms with Gasteiger partial charge < -0.3 is 14.6 Å². The van der Waals surface area contributed by atoms with Gasteiger partial charge in [-0.05, 0) is 56.5 Å². The molecular formula is C21H22N2O3S. The van der Waals surface area contributed by atoms with Gasteiger partial charge in [0.15, 0.2) is 0 Å². The highest BCUT2D eigenvalue weighted by Crippen LogP contribution is 2.21. The second-order valence-electron chi connectivity index (χ2n) is 6.21. The molecule has 1 N–H and O–H groups in total. The molecule has 0 spiro atoms. The topological polar surface area (TPSA) is 60.3 Å². The highest BCUT2D eigenvalue weighted by molar-refractivity contribution is 7.09. The van der Waals surface area contributed by atoms with Crippen molar-refractivity contribution >= 4 is 28.9 Å². The van der Waals surface area contributed by atoms with Crippen LogP contribution in [0.25, 0.3) is 0 Å². The number of nitrogens with one attached hydrogen (secondary N) is 1. The molecule has 1 amide bonds. The Morgan fingerprint density at radius 3 is 2.67 bits per heavy atom. The maximum atomic E-state index is 12.8. The van der Waals surface area contributed by atoms with E-state index < -0.39 is 5.97 Å². The molecule has 0 saturated heterocycles. The highest BCUT2D eigenvalue weighted by atomic mass is 32.1. The van der Waals surface area contributed by atoms with Crippen LogP contribution in [0, 0.1) is 13.8 Å². The molecule has 6 heteroatoms. The molecule has 0 atom stereocenters. The van der Waals surface area contributed by atoms with Crippen molar-refractivity contribution in [2.45, 2.75) is 27.3 Å². The Labute approximate surface area is 162 Å². The Hall–Kier alpha value is -2.86. The number of anilines is 1. The average Bonchev–Trinajstić information content (AvgIpc) is 3.26. The van der Waals surface area contributed by atoms with E-state index in [-0.39, 0.29) is 5.91 Å². The second kappa shape index (κ2) is 8.22. The van der Waals surface area contributed by atoms with Gasteiger partial charge >= 0.3 is 5.97 Å². The minimum atomic E-state index is -0.400. The van der Waals surface area contributed by atoms with Crippen LogP contribution in [-0.2, 0) is 11.3 Å². The van der Waals surface area contributed by atoms with Gasteiger partial charge in [0.2, 0.25) is 0 Å². The molecule has 0 aliphatic rings. The minimum absolute atomic E-state index is 0.193. The summed E-state index contributed by atoms with van der Waals surface area (Å²) in [5.74, 6) is -0.593. The lowest BCUT2D eigenvalue weighted by Crippen LogP contribution is -2.14. The Morgan fingerprint density at radius 2 is 1.96 bits per heavy atom. The standard InChI is InChI=1S/C21H22N2O3S/c1-4-26-21(25)16-7-5-8-17(12-16)22-20(24)19-11-14(2)23(15(19)3)13-18-9-6-10-27-18/h5-12H,4,13H2,1-3H3,(H,22,24). The first-order valence-corrected chi connectivity index (χ1v) is 9.65. The normalized spacial score (nSPS) is 10.6. The van der Waals surface area contributed by atoms with E-state index >= 15 is 0 Å². The van der Waals surface area contributed by atoms with E-state index in [1.54, 1.807) is 42.5 Å². The van der Waals surface area contributed by atoms with Crippen molar-refractivity contribution in [2.24, 2.45) is 0 Å². The van der Waals surface area contributed by atoms with Crippen molar-refractivity contribution in [3.05, 3.63) is 75.2 Å². The third-order valence-corrected chi connectivity index (χ3v) is 5.21. The van der Waals surface area contributed by atoms with Crippen molar-refractivity contribution in [1.29, 1.82) is 0 Å². The summed E-state index contributed by atoms with van der Waals surface area (Å²) >= 11 is 1.70. The van der Waals surface area contributed by atoms with Crippen LogP contribution in [0.2, 0.25) is 0 Å². The lowest BCUT2D eigenvalue weighted by atomic mass is 10.2. The molecule has 0 bridgehead atoms. The van der Waals surface area contributed by atoms with Crippen LogP contribution >= 0.6 is 11.3 Å². The van der Waals surface area contributed by atoms with Crippen molar-refractivity contribution < 1.29 is 14.3 Å². The van der Waals surface area contributed by atoms with Crippen LogP contribution in [0.5, 0.6) is 0 Å². The second-order valence-corrected chi connectivity index (χ2v) is 7.24. The molecule has 2 heterocycles. The molecule has 0 aliphatic carbocycles. The van der Waals surface area contributed by atoms with E-state index in [0.29, 0.717) is 23.4 Å². The number of ether oxygens (including phenoxy) is 1. The van der Waals surface area contributed by atoms with Crippen molar-refractivity contribution in [2.75, 3.05) is 11.9 Å². The smallest absolute Gasteiger partial charge is 0.338 e. The van der Waals surface area contributed by atoms with Crippen LogP contribution in [-0.4, -0.2) is 23.1 Å². The zero-order valence-electron chi connectivity index (χ0n) is 15.6. The van der Waals surface area contributed by atoms with E-state index in [1.165, 1.54) is 4.88 Å². The minimum Gasteiger partial charge on any atom is -0.462 e. The molecule has 3 rings (SSSR count). The van der Waals surface area contributed by atoms with Crippen LogP contribution < -0.4 is 5.32 Å². The van der Waals surface area contributed by atoms with Gasteiger partial charge in [0, 0.05) is 22.0 Å². The van der Waals surface area contributed by atoms with Crippen molar-refractivity contribution in [3.8, 4) is 0 Å². The number of hydrogen-bond donors (Lipinski definition) is 1. The largest absolute Gasteiger partial charge is 0.462 e. The number of rotatable bonds is 6. The Balaban J connectivity index is 1.79. The molecule has 0 fully saturated rings. The van der Waals surface area contributed by atoms with Gasteiger partial charge in [-0.3, -0.25) is 4.79 Å². The number of carbonyl (C=O) groups excluding carboxylic acids is 2. The zero-order chi connectivity index (χ0) is 19.4. The van der Waals surface area contributed by atoms with Gasteiger partial charge in [-0.15, -0.1) is 11.3 Å². The lowest BCUT2D eigenvalue weighted by molar-refractivity contribution is 0.0526. The molecule has 0 aliphatic heterocycles. The summed E-state index contributed by atoms with van der Waals surface area (Å²) in [6.07, 6.45) is 0. The van der Waals surface area contributed by atoms with E-state index in [0.717, 1.165) is 17.9 Å². The lowest BCUT2D eigenvalue weighted by Gasteiger charge is -2.09. The maximum absolute atomic E-state index is 12.8. The Morgan fingerprint density at radius 1 is 1.15 bits per heavy atom. The molecule has 0 unspecified atom stereocenters. The predicted octanol–water partition coefficient (Wildman–Crippen LogP) is 4.64. The quantitative estimate of drug-likeness (QED) is 0.632. The van der Waals surface area contributed by atoms with Gasteiger partial charge in [0.1, 0.15) is 0 Å². The van der Waals surface area contributed by atoms with Crippen molar-refractivity contribution in [1.82, 2.24) is 4.57 Å². The van der Waals surface area contributed by atoms with Gasteiger partial charge in [0.05, 0.1) is 24.3 Å². The first-order valence-electron chi connectivity index (χ1n) is 8.77.